The first-order valence-corrected chi connectivity index (χ1v) is 6.78. The molecule has 1 aliphatic rings. The Morgan fingerprint density at radius 1 is 1.33 bits per heavy atom. The predicted molar refractivity (Wildman–Crippen MR) is 72.4 cm³/mol. The molecular weight excluding hydrogens is 224 g/mol. The first-order valence-electron chi connectivity index (χ1n) is 6.78. The molecule has 0 spiro atoms. The lowest BCUT2D eigenvalue weighted by Gasteiger charge is -2.05. The molecule has 0 aromatic carbocycles. The van der Waals surface area contributed by atoms with Crippen LogP contribution in [0.5, 0.6) is 0 Å². The lowest BCUT2D eigenvalue weighted by atomic mass is 10.0. The quantitative estimate of drug-likeness (QED) is 0.821. The molecule has 1 aromatic heterocycles. The first kappa shape index (κ1) is 13.3. The van der Waals surface area contributed by atoms with Gasteiger partial charge in [-0.15, -0.1) is 0 Å². The lowest BCUT2D eigenvalue weighted by Crippen LogP contribution is -2.14. The van der Waals surface area contributed by atoms with Crippen LogP contribution in [0.1, 0.15) is 46.0 Å². The van der Waals surface area contributed by atoms with E-state index in [4.69, 9.17) is 0 Å². The Balaban J connectivity index is 2.14. The molecule has 1 aromatic rings. The molecule has 0 atom stereocenters. The van der Waals surface area contributed by atoms with E-state index < -0.39 is 0 Å². The van der Waals surface area contributed by atoms with E-state index in [0.29, 0.717) is 12.2 Å². The minimum atomic E-state index is 0.135. The van der Waals surface area contributed by atoms with E-state index in [0.717, 1.165) is 17.9 Å². The van der Waals surface area contributed by atoms with Gasteiger partial charge in [0.1, 0.15) is 5.78 Å². The summed E-state index contributed by atoms with van der Waals surface area (Å²) in [7, 11) is 0. The monoisotopic (exact) mass is 248 g/mol. The Morgan fingerprint density at radius 2 is 1.89 bits per heavy atom. The third-order valence-electron chi connectivity index (χ3n) is 4.98. The Morgan fingerprint density at radius 3 is 2.33 bits per heavy atom. The molecule has 100 valence electrons. The molecule has 0 radical (unpaired) electrons. The average Bonchev–Trinajstić information content (AvgIpc) is 2.54. The van der Waals surface area contributed by atoms with Crippen molar-refractivity contribution >= 4 is 5.78 Å². The normalized spacial score (nSPS) is 21.0. The maximum absolute atomic E-state index is 12.4. The number of rotatable bonds is 4. The molecule has 3 heteroatoms. The summed E-state index contributed by atoms with van der Waals surface area (Å²) in [5.41, 5.74) is 2.32. The van der Waals surface area contributed by atoms with Gasteiger partial charge in [-0.1, -0.05) is 27.7 Å². The number of carbonyl (C=O) groups excluding carboxylic acids is 1. The molecule has 0 bridgehead atoms. The smallest absolute Gasteiger partial charge is 0.143 e. The summed E-state index contributed by atoms with van der Waals surface area (Å²) in [4.78, 5) is 12.4. The van der Waals surface area contributed by atoms with Gasteiger partial charge in [-0.05, 0) is 30.7 Å². The fourth-order valence-electron chi connectivity index (χ4n) is 3.30. The van der Waals surface area contributed by atoms with E-state index in [1.807, 2.05) is 17.7 Å². The van der Waals surface area contributed by atoms with Crippen molar-refractivity contribution < 1.29 is 4.79 Å². The van der Waals surface area contributed by atoms with Crippen LogP contribution in [0.2, 0.25) is 0 Å². The van der Waals surface area contributed by atoms with Crippen molar-refractivity contribution in [2.75, 3.05) is 0 Å². The summed E-state index contributed by atoms with van der Waals surface area (Å²) in [6.45, 7) is 13.6. The highest BCUT2D eigenvalue weighted by Gasteiger charge is 2.67. The van der Waals surface area contributed by atoms with Gasteiger partial charge in [0.05, 0.1) is 5.69 Å². The molecule has 1 aliphatic carbocycles. The topological polar surface area (TPSA) is 34.9 Å². The molecule has 0 N–H and O–H groups in total. The van der Waals surface area contributed by atoms with E-state index in [1.165, 1.54) is 0 Å². The summed E-state index contributed by atoms with van der Waals surface area (Å²) in [5.74, 6) is 0.546. The van der Waals surface area contributed by atoms with Gasteiger partial charge >= 0.3 is 0 Å². The molecule has 0 amide bonds. The summed E-state index contributed by atoms with van der Waals surface area (Å²) in [6.07, 6.45) is 0.520. The van der Waals surface area contributed by atoms with Crippen molar-refractivity contribution in [3.05, 3.63) is 17.5 Å². The first-order chi connectivity index (χ1) is 8.21. The second kappa shape index (κ2) is 3.94. The number of Topliss-reactive ketones (excluding diaryl/α,β-unsaturated/α-hetero) is 1. The summed E-state index contributed by atoms with van der Waals surface area (Å²) >= 11 is 0. The maximum atomic E-state index is 12.4. The van der Waals surface area contributed by atoms with Gasteiger partial charge in [-0.25, -0.2) is 0 Å². The van der Waals surface area contributed by atoms with Gasteiger partial charge in [0.2, 0.25) is 0 Å². The number of hydrogen-bond donors (Lipinski definition) is 0. The SMILES string of the molecule is CCn1nc(C)cc1CC(=O)C1C(C)(C)C1(C)C. The molecule has 3 nitrogen and oxygen atoms in total. The van der Waals surface area contributed by atoms with Crippen molar-refractivity contribution in [2.24, 2.45) is 16.7 Å². The molecule has 0 unspecified atom stereocenters. The molecular formula is C15H24N2O. The zero-order valence-corrected chi connectivity index (χ0v) is 12.4. The van der Waals surface area contributed by atoms with Crippen LogP contribution >= 0.6 is 0 Å². The third-order valence-corrected chi connectivity index (χ3v) is 4.98. The standard InChI is InChI=1S/C15H24N2O/c1-7-17-11(8-10(2)16-17)9-12(18)13-14(3,4)15(13,5)6/h8,13H,7,9H2,1-6H3. The maximum Gasteiger partial charge on any atom is 0.143 e. The van der Waals surface area contributed by atoms with E-state index in [2.05, 4.69) is 39.7 Å². The van der Waals surface area contributed by atoms with E-state index in [-0.39, 0.29) is 16.7 Å². The molecule has 1 saturated carbocycles. The number of carbonyl (C=O) groups is 1. The third kappa shape index (κ3) is 1.80. The van der Waals surface area contributed by atoms with Gasteiger partial charge in [-0.3, -0.25) is 9.48 Å². The van der Waals surface area contributed by atoms with Crippen LogP contribution in [0.15, 0.2) is 6.07 Å². The molecule has 2 rings (SSSR count). The van der Waals surface area contributed by atoms with Crippen molar-refractivity contribution in [2.45, 2.75) is 54.5 Å². The van der Waals surface area contributed by atoms with E-state index in [1.54, 1.807) is 0 Å². The summed E-state index contributed by atoms with van der Waals surface area (Å²) < 4.78 is 1.94. The van der Waals surface area contributed by atoms with Gasteiger partial charge in [0.15, 0.2) is 0 Å². The van der Waals surface area contributed by atoms with Crippen molar-refractivity contribution in [3.8, 4) is 0 Å². The van der Waals surface area contributed by atoms with Crippen molar-refractivity contribution in [3.63, 3.8) is 0 Å². The Bertz CT molecular complexity index is 469. The summed E-state index contributed by atoms with van der Waals surface area (Å²) in [5, 5.41) is 4.40. The molecule has 1 fully saturated rings. The second-order valence-corrected chi connectivity index (χ2v) is 6.61. The zero-order valence-electron chi connectivity index (χ0n) is 12.4. The van der Waals surface area contributed by atoms with E-state index >= 15 is 0 Å². The Hall–Kier alpha value is -1.12. The highest BCUT2D eigenvalue weighted by Crippen LogP contribution is 2.68. The van der Waals surface area contributed by atoms with Crippen LogP contribution in [-0.2, 0) is 17.8 Å². The molecule has 1 heterocycles. The average molecular weight is 248 g/mol. The molecule has 0 saturated heterocycles. The molecule has 0 aliphatic heterocycles. The van der Waals surface area contributed by atoms with Gasteiger partial charge < -0.3 is 0 Å². The number of nitrogens with zero attached hydrogens (tertiary/aromatic N) is 2. The van der Waals surface area contributed by atoms with Gasteiger partial charge in [0.25, 0.3) is 0 Å². The van der Waals surface area contributed by atoms with Gasteiger partial charge in [-0.2, -0.15) is 5.10 Å². The lowest BCUT2D eigenvalue weighted by molar-refractivity contribution is -0.120. The molecule has 18 heavy (non-hydrogen) atoms. The number of aromatic nitrogens is 2. The van der Waals surface area contributed by atoms with Crippen LogP contribution in [0.25, 0.3) is 0 Å². The number of ketones is 1. The Kier molecular flexibility index (Phi) is 2.91. The van der Waals surface area contributed by atoms with Crippen LogP contribution < -0.4 is 0 Å². The van der Waals surface area contributed by atoms with Crippen molar-refractivity contribution in [1.29, 1.82) is 0 Å². The van der Waals surface area contributed by atoms with Crippen LogP contribution in [-0.4, -0.2) is 15.6 Å². The second-order valence-electron chi connectivity index (χ2n) is 6.61. The minimum absolute atomic E-state index is 0.135. The zero-order chi connectivity index (χ0) is 13.7. The highest BCUT2D eigenvalue weighted by molar-refractivity contribution is 5.87. The largest absolute Gasteiger partial charge is 0.299 e. The van der Waals surface area contributed by atoms with E-state index in [9.17, 15) is 4.79 Å². The fraction of sp³-hybridized carbons (Fsp3) is 0.733. The van der Waals surface area contributed by atoms with Crippen LogP contribution in [0.3, 0.4) is 0 Å². The number of hydrogen-bond acceptors (Lipinski definition) is 2. The summed E-state index contributed by atoms with van der Waals surface area (Å²) in [6, 6.07) is 2.03. The van der Waals surface area contributed by atoms with Crippen LogP contribution in [0, 0.1) is 23.7 Å². The fourth-order valence-corrected chi connectivity index (χ4v) is 3.30. The van der Waals surface area contributed by atoms with Crippen molar-refractivity contribution in [1.82, 2.24) is 9.78 Å². The van der Waals surface area contributed by atoms with Gasteiger partial charge in [0, 0.05) is 24.6 Å². The predicted octanol–water partition coefficient (Wildman–Crippen LogP) is 3.01. The highest BCUT2D eigenvalue weighted by atomic mass is 16.1. The van der Waals surface area contributed by atoms with Crippen LogP contribution in [0.4, 0.5) is 0 Å². The minimum Gasteiger partial charge on any atom is -0.299 e. The Labute approximate surface area is 110 Å². The number of aryl methyl sites for hydroxylation is 2.